The normalized spacial score (nSPS) is 11.2. The minimum atomic E-state index is -0.537. The van der Waals surface area contributed by atoms with Crippen molar-refractivity contribution in [1.82, 2.24) is 5.16 Å². The Morgan fingerprint density at radius 2 is 2.10 bits per heavy atom. The minimum absolute atomic E-state index is 0.0291. The van der Waals surface area contributed by atoms with Gasteiger partial charge in [0.05, 0.1) is 24.5 Å². The minimum Gasteiger partial charge on any atom is -0.493 e. The summed E-state index contributed by atoms with van der Waals surface area (Å²) in [6.07, 6.45) is 4.35. The number of hydrogen-bond donors (Lipinski definition) is 0. The molecule has 1 aromatic carbocycles. The molecule has 7 nitrogen and oxygen atoms in total. The second kappa shape index (κ2) is 9.34. The molecule has 8 heteroatoms. The number of carbonyl (C=O) groups excluding carboxylic acids is 1. The Labute approximate surface area is 172 Å². The van der Waals surface area contributed by atoms with Crippen LogP contribution in [0.1, 0.15) is 25.1 Å². The number of carbonyl (C=O) groups is 1. The molecule has 152 valence electrons. The van der Waals surface area contributed by atoms with E-state index in [-0.39, 0.29) is 12.7 Å². The summed E-state index contributed by atoms with van der Waals surface area (Å²) in [6.45, 7) is 3.76. The maximum Gasteiger partial charge on any atom is 0.331 e. The Bertz CT molecular complexity index is 991. The lowest BCUT2D eigenvalue weighted by Gasteiger charge is -2.15. The van der Waals surface area contributed by atoms with Crippen LogP contribution < -0.4 is 9.47 Å². The molecule has 0 fully saturated rings. The fourth-order valence-electron chi connectivity index (χ4n) is 2.46. The predicted octanol–water partition coefficient (Wildman–Crippen LogP) is 5.14. The van der Waals surface area contributed by atoms with Gasteiger partial charge in [-0.25, -0.2) is 4.79 Å². The van der Waals surface area contributed by atoms with Crippen molar-refractivity contribution in [3.63, 3.8) is 0 Å². The summed E-state index contributed by atoms with van der Waals surface area (Å²) in [6, 6.07) is 8.54. The van der Waals surface area contributed by atoms with Crippen LogP contribution in [0, 0.1) is 0 Å². The third kappa shape index (κ3) is 5.42. The third-order valence-electron chi connectivity index (χ3n) is 3.70. The van der Waals surface area contributed by atoms with Crippen molar-refractivity contribution >= 4 is 23.6 Å². The van der Waals surface area contributed by atoms with Crippen molar-refractivity contribution in [1.29, 1.82) is 0 Å². The molecular formula is C21H20ClNO6. The number of methoxy groups -OCH3 is 1. The van der Waals surface area contributed by atoms with Crippen LogP contribution in [0.2, 0.25) is 5.02 Å². The van der Waals surface area contributed by atoms with Gasteiger partial charge < -0.3 is 23.2 Å². The number of aromatic nitrogens is 1. The van der Waals surface area contributed by atoms with Crippen LogP contribution in [-0.4, -0.2) is 24.3 Å². The first kappa shape index (κ1) is 20.5. The summed E-state index contributed by atoms with van der Waals surface area (Å²) < 4.78 is 26.5. The fraction of sp³-hybridized carbons (Fsp3) is 0.238. The molecule has 0 unspecified atom stereocenters. The zero-order valence-electron chi connectivity index (χ0n) is 16.2. The standard InChI is InChI=1S/C21H20ClNO6/c1-13(2)28-21-16(22)9-14(10-19(21)25-3)6-7-20(24)27-12-15-11-18(29-23-15)17-5-4-8-26-17/h4-11,13H,12H2,1-3H3/b7-6+. The topological polar surface area (TPSA) is 83.9 Å². The van der Waals surface area contributed by atoms with Gasteiger partial charge in [-0.2, -0.15) is 0 Å². The molecule has 0 aliphatic rings. The molecule has 0 aliphatic carbocycles. The van der Waals surface area contributed by atoms with Gasteiger partial charge in [0.25, 0.3) is 0 Å². The van der Waals surface area contributed by atoms with E-state index < -0.39 is 5.97 Å². The average Bonchev–Trinajstić information content (AvgIpc) is 3.37. The van der Waals surface area contributed by atoms with Crippen LogP contribution >= 0.6 is 11.6 Å². The molecule has 2 aromatic heterocycles. The van der Waals surface area contributed by atoms with Gasteiger partial charge in [0.15, 0.2) is 17.3 Å². The fourth-order valence-corrected chi connectivity index (χ4v) is 2.72. The van der Waals surface area contributed by atoms with Crippen LogP contribution in [0.4, 0.5) is 0 Å². The van der Waals surface area contributed by atoms with Crippen LogP contribution in [0.5, 0.6) is 11.5 Å². The first-order valence-electron chi connectivity index (χ1n) is 8.84. The average molecular weight is 418 g/mol. The van der Waals surface area contributed by atoms with E-state index in [1.165, 1.54) is 19.4 Å². The molecule has 3 aromatic rings. The molecule has 0 saturated carbocycles. The van der Waals surface area contributed by atoms with Gasteiger partial charge in [0.1, 0.15) is 12.3 Å². The summed E-state index contributed by atoms with van der Waals surface area (Å²) in [5.74, 6) is 1.41. The van der Waals surface area contributed by atoms with E-state index in [0.717, 1.165) is 0 Å². The molecular weight excluding hydrogens is 398 g/mol. The Balaban J connectivity index is 1.61. The molecule has 0 bridgehead atoms. The smallest absolute Gasteiger partial charge is 0.331 e. The summed E-state index contributed by atoms with van der Waals surface area (Å²) >= 11 is 6.28. The number of nitrogens with zero attached hydrogens (tertiary/aromatic N) is 1. The highest BCUT2D eigenvalue weighted by Crippen LogP contribution is 2.37. The highest BCUT2D eigenvalue weighted by Gasteiger charge is 2.13. The molecule has 0 amide bonds. The van der Waals surface area contributed by atoms with Crippen molar-refractivity contribution in [3.8, 4) is 23.0 Å². The van der Waals surface area contributed by atoms with E-state index in [9.17, 15) is 4.79 Å². The lowest BCUT2D eigenvalue weighted by atomic mass is 10.2. The van der Waals surface area contributed by atoms with E-state index in [1.807, 2.05) is 13.8 Å². The van der Waals surface area contributed by atoms with Crippen molar-refractivity contribution in [2.75, 3.05) is 7.11 Å². The Morgan fingerprint density at radius 3 is 2.79 bits per heavy atom. The van der Waals surface area contributed by atoms with Gasteiger partial charge >= 0.3 is 5.97 Å². The molecule has 0 N–H and O–H groups in total. The van der Waals surface area contributed by atoms with Crippen molar-refractivity contribution in [2.45, 2.75) is 26.6 Å². The van der Waals surface area contributed by atoms with Gasteiger partial charge in [0.2, 0.25) is 5.76 Å². The zero-order valence-corrected chi connectivity index (χ0v) is 16.9. The van der Waals surface area contributed by atoms with Gasteiger partial charge in [-0.15, -0.1) is 0 Å². The lowest BCUT2D eigenvalue weighted by Crippen LogP contribution is -2.07. The Hall–Kier alpha value is -3.19. The summed E-state index contributed by atoms with van der Waals surface area (Å²) in [5, 5.41) is 4.23. The quantitative estimate of drug-likeness (QED) is 0.370. The van der Waals surface area contributed by atoms with E-state index >= 15 is 0 Å². The van der Waals surface area contributed by atoms with Crippen molar-refractivity contribution < 1.29 is 27.9 Å². The maximum atomic E-state index is 12.0. The van der Waals surface area contributed by atoms with Gasteiger partial charge in [0, 0.05) is 12.1 Å². The number of esters is 1. The van der Waals surface area contributed by atoms with E-state index in [1.54, 1.807) is 36.4 Å². The maximum absolute atomic E-state index is 12.0. The summed E-state index contributed by atoms with van der Waals surface area (Å²) in [5.41, 5.74) is 1.14. The Morgan fingerprint density at radius 1 is 1.28 bits per heavy atom. The molecule has 0 atom stereocenters. The largest absolute Gasteiger partial charge is 0.493 e. The van der Waals surface area contributed by atoms with E-state index in [2.05, 4.69) is 5.16 Å². The van der Waals surface area contributed by atoms with Crippen LogP contribution in [0.15, 0.2) is 51.6 Å². The van der Waals surface area contributed by atoms with Gasteiger partial charge in [-0.3, -0.25) is 0 Å². The number of hydrogen-bond acceptors (Lipinski definition) is 7. The SMILES string of the molecule is COc1cc(/C=C/C(=O)OCc2cc(-c3ccco3)on2)cc(Cl)c1OC(C)C. The van der Waals surface area contributed by atoms with E-state index in [4.69, 9.17) is 34.8 Å². The third-order valence-corrected chi connectivity index (χ3v) is 3.98. The van der Waals surface area contributed by atoms with Crippen LogP contribution in [-0.2, 0) is 16.1 Å². The molecule has 29 heavy (non-hydrogen) atoms. The second-order valence-electron chi connectivity index (χ2n) is 6.30. The molecule has 3 rings (SSSR count). The highest BCUT2D eigenvalue weighted by atomic mass is 35.5. The lowest BCUT2D eigenvalue weighted by molar-refractivity contribution is -0.139. The first-order valence-corrected chi connectivity index (χ1v) is 9.22. The van der Waals surface area contributed by atoms with Crippen molar-refractivity contribution in [2.24, 2.45) is 0 Å². The highest BCUT2D eigenvalue weighted by molar-refractivity contribution is 6.32. The molecule has 0 radical (unpaired) electrons. The van der Waals surface area contributed by atoms with E-state index in [0.29, 0.717) is 39.3 Å². The van der Waals surface area contributed by atoms with Crippen molar-refractivity contribution in [3.05, 3.63) is 59.0 Å². The predicted molar refractivity (Wildman–Crippen MR) is 107 cm³/mol. The number of ether oxygens (including phenoxy) is 3. The first-order chi connectivity index (χ1) is 14.0. The number of furan rings is 1. The monoisotopic (exact) mass is 417 g/mol. The molecule has 0 spiro atoms. The Kier molecular flexibility index (Phi) is 6.61. The van der Waals surface area contributed by atoms with Gasteiger partial charge in [-0.1, -0.05) is 16.8 Å². The van der Waals surface area contributed by atoms with Gasteiger partial charge in [-0.05, 0) is 49.8 Å². The molecule has 2 heterocycles. The molecule has 0 aliphatic heterocycles. The molecule has 0 saturated heterocycles. The van der Waals surface area contributed by atoms with Crippen LogP contribution in [0.3, 0.4) is 0 Å². The number of rotatable bonds is 8. The number of halogens is 1. The summed E-state index contributed by atoms with van der Waals surface area (Å²) in [4.78, 5) is 12.0. The summed E-state index contributed by atoms with van der Waals surface area (Å²) in [7, 11) is 1.52. The second-order valence-corrected chi connectivity index (χ2v) is 6.71. The van der Waals surface area contributed by atoms with Crippen LogP contribution in [0.25, 0.3) is 17.6 Å². The zero-order chi connectivity index (χ0) is 20.8. The number of benzene rings is 1.